The molecular formula is C50H32N2O. The lowest BCUT2D eigenvalue weighted by molar-refractivity contribution is 0.668. The number of furan rings is 1. The summed E-state index contributed by atoms with van der Waals surface area (Å²) in [5, 5.41) is 8.69. The van der Waals surface area contributed by atoms with E-state index in [0.29, 0.717) is 0 Å². The van der Waals surface area contributed by atoms with Crippen molar-refractivity contribution >= 4 is 71.8 Å². The highest BCUT2D eigenvalue weighted by Gasteiger charge is 2.32. The number of anilines is 2. The molecule has 2 aromatic heterocycles. The second kappa shape index (κ2) is 10.8. The van der Waals surface area contributed by atoms with E-state index < -0.39 is 0 Å². The molecule has 0 saturated carbocycles. The molecule has 2 aliphatic rings. The predicted molar refractivity (Wildman–Crippen MR) is 221 cm³/mol. The summed E-state index contributed by atoms with van der Waals surface area (Å²) in [5.41, 5.74) is 15.5. The fourth-order valence-corrected chi connectivity index (χ4v) is 9.43. The zero-order chi connectivity index (χ0) is 34.6. The van der Waals surface area contributed by atoms with Gasteiger partial charge in [0.2, 0.25) is 0 Å². The highest BCUT2D eigenvalue weighted by atomic mass is 16.3. The van der Waals surface area contributed by atoms with Gasteiger partial charge in [0.25, 0.3) is 0 Å². The first-order valence-electron chi connectivity index (χ1n) is 18.5. The van der Waals surface area contributed by atoms with E-state index in [1.807, 2.05) is 0 Å². The maximum atomic E-state index is 6.81. The highest BCUT2D eigenvalue weighted by molar-refractivity contribution is 6.26. The summed E-state index contributed by atoms with van der Waals surface area (Å²) in [6.07, 6.45) is 4.24. The van der Waals surface area contributed by atoms with Crippen molar-refractivity contribution in [1.82, 2.24) is 4.57 Å². The smallest absolute Gasteiger partial charge is 0.159 e. The molecule has 0 unspecified atom stereocenters. The minimum atomic E-state index is 0.869. The Morgan fingerprint density at radius 3 is 2.13 bits per heavy atom. The van der Waals surface area contributed by atoms with Gasteiger partial charge in [-0.25, -0.2) is 0 Å². The first-order chi connectivity index (χ1) is 26.3. The number of benzene rings is 8. The van der Waals surface area contributed by atoms with E-state index in [1.54, 1.807) is 0 Å². The van der Waals surface area contributed by atoms with Crippen LogP contribution in [-0.4, -0.2) is 4.57 Å². The molecule has 248 valence electrons. The number of fused-ring (bicyclic) bond motifs is 11. The second-order valence-corrected chi connectivity index (χ2v) is 14.3. The molecule has 0 amide bonds. The zero-order valence-corrected chi connectivity index (χ0v) is 28.9. The van der Waals surface area contributed by atoms with Crippen molar-refractivity contribution in [2.45, 2.75) is 12.8 Å². The van der Waals surface area contributed by atoms with Gasteiger partial charge in [-0.3, -0.25) is 0 Å². The Balaban J connectivity index is 1.18. The third kappa shape index (κ3) is 3.99. The molecule has 0 aliphatic heterocycles. The molecule has 0 bridgehead atoms. The first-order valence-corrected chi connectivity index (χ1v) is 18.5. The van der Waals surface area contributed by atoms with E-state index in [2.05, 4.69) is 179 Å². The molecule has 3 nitrogen and oxygen atoms in total. The summed E-state index contributed by atoms with van der Waals surface area (Å²) >= 11 is 0. The van der Waals surface area contributed by atoms with Crippen LogP contribution in [0.3, 0.4) is 0 Å². The van der Waals surface area contributed by atoms with Crippen LogP contribution in [0.2, 0.25) is 0 Å². The van der Waals surface area contributed by atoms with E-state index in [9.17, 15) is 0 Å². The van der Waals surface area contributed by atoms with Gasteiger partial charge in [0, 0.05) is 49.9 Å². The summed E-state index contributed by atoms with van der Waals surface area (Å²) in [4.78, 5) is 2.53. The van der Waals surface area contributed by atoms with Crippen LogP contribution in [0.15, 0.2) is 174 Å². The van der Waals surface area contributed by atoms with E-state index in [0.717, 1.165) is 40.5 Å². The molecule has 12 rings (SSSR count). The van der Waals surface area contributed by atoms with Crippen LogP contribution in [0.5, 0.6) is 0 Å². The van der Waals surface area contributed by atoms with Gasteiger partial charge >= 0.3 is 0 Å². The van der Waals surface area contributed by atoms with Gasteiger partial charge in [-0.1, -0.05) is 121 Å². The maximum Gasteiger partial charge on any atom is 0.159 e. The van der Waals surface area contributed by atoms with Gasteiger partial charge in [0.1, 0.15) is 5.58 Å². The number of rotatable bonds is 4. The quantitative estimate of drug-likeness (QED) is 0.173. The van der Waals surface area contributed by atoms with Crippen LogP contribution in [-0.2, 0) is 6.42 Å². The molecule has 2 heterocycles. The van der Waals surface area contributed by atoms with Crippen molar-refractivity contribution in [1.29, 1.82) is 0 Å². The average Bonchev–Trinajstić information content (AvgIpc) is 3.88. The van der Waals surface area contributed by atoms with Crippen molar-refractivity contribution in [3.05, 3.63) is 181 Å². The van der Waals surface area contributed by atoms with E-state index in [1.165, 1.54) is 83.0 Å². The fraction of sp³-hybridized carbons (Fsp3) is 0.0400. The van der Waals surface area contributed by atoms with E-state index in [4.69, 9.17) is 4.42 Å². The Kier molecular flexibility index (Phi) is 5.89. The minimum Gasteiger partial charge on any atom is -0.454 e. The molecule has 8 aromatic carbocycles. The first kappa shape index (κ1) is 28.8. The van der Waals surface area contributed by atoms with Crippen molar-refractivity contribution in [2.24, 2.45) is 0 Å². The van der Waals surface area contributed by atoms with Crippen LogP contribution in [0.4, 0.5) is 11.4 Å². The molecule has 10 aromatic rings. The lowest BCUT2D eigenvalue weighted by Crippen LogP contribution is -2.20. The Morgan fingerprint density at radius 2 is 1.21 bits per heavy atom. The molecule has 0 radical (unpaired) electrons. The lowest BCUT2D eigenvalue weighted by Gasteiger charge is -2.32. The molecule has 0 saturated heterocycles. The average molecular weight is 677 g/mol. The van der Waals surface area contributed by atoms with Gasteiger partial charge in [-0.15, -0.1) is 0 Å². The lowest BCUT2D eigenvalue weighted by atomic mass is 9.93. The summed E-state index contributed by atoms with van der Waals surface area (Å²) in [5.74, 6) is 0. The van der Waals surface area contributed by atoms with Crippen molar-refractivity contribution < 1.29 is 4.42 Å². The van der Waals surface area contributed by atoms with Gasteiger partial charge < -0.3 is 13.9 Å². The summed E-state index contributed by atoms with van der Waals surface area (Å²) in [6, 6.07) is 59.6. The Hall–Kier alpha value is -6.84. The molecule has 0 atom stereocenters. The van der Waals surface area contributed by atoms with Crippen molar-refractivity contribution in [3.63, 3.8) is 0 Å². The number of allylic oxidation sites excluding steroid dienone is 1. The maximum absolute atomic E-state index is 6.81. The van der Waals surface area contributed by atoms with Crippen molar-refractivity contribution in [2.75, 3.05) is 4.90 Å². The molecular weight excluding hydrogens is 645 g/mol. The van der Waals surface area contributed by atoms with Gasteiger partial charge in [0.15, 0.2) is 5.58 Å². The number of para-hydroxylation sites is 4. The Bertz CT molecular complexity index is 3180. The normalized spacial score (nSPS) is 13.2. The topological polar surface area (TPSA) is 21.3 Å². The number of aromatic nitrogens is 1. The summed E-state index contributed by atoms with van der Waals surface area (Å²) < 4.78 is 9.28. The fourth-order valence-electron chi connectivity index (χ4n) is 9.43. The minimum absolute atomic E-state index is 0.869. The van der Waals surface area contributed by atoms with Gasteiger partial charge in [0.05, 0.1) is 16.9 Å². The van der Waals surface area contributed by atoms with Crippen LogP contribution >= 0.6 is 0 Å². The van der Waals surface area contributed by atoms with Crippen LogP contribution < -0.4 is 4.90 Å². The summed E-state index contributed by atoms with van der Waals surface area (Å²) in [6.45, 7) is 0. The number of nitrogens with zero attached hydrogens (tertiary/aromatic N) is 2. The Morgan fingerprint density at radius 1 is 0.509 bits per heavy atom. The third-order valence-electron chi connectivity index (χ3n) is 11.6. The van der Waals surface area contributed by atoms with Crippen LogP contribution in [0, 0.1) is 0 Å². The van der Waals surface area contributed by atoms with Gasteiger partial charge in [-0.2, -0.15) is 0 Å². The molecule has 3 heteroatoms. The SMILES string of the molecule is C1=C(N(c2cccc3c2-c2c4ccccc4cc4cccc-3c24)c2cccc3c2oc2ccccc23)CCc2c1c1ccccc1n2-c1ccccc1. The highest BCUT2D eigenvalue weighted by Crippen LogP contribution is 2.56. The predicted octanol–water partition coefficient (Wildman–Crippen LogP) is 13.6. The van der Waals surface area contributed by atoms with Crippen molar-refractivity contribution in [3.8, 4) is 27.9 Å². The standard InChI is InChI=1S/C50H32N2O/c1-2-15-33(16-3-1)51-42-23-8-6-18-36(42)41-30-34(27-28-43(41)51)52(45-25-12-22-40-37-19-7-9-26-46(37)53-50(40)45)44-24-11-21-39-38-20-10-14-32-29-31-13-4-5-17-35(31)49(47(32)38)48(39)44/h1-26,29-30H,27-28H2. The van der Waals surface area contributed by atoms with E-state index >= 15 is 0 Å². The number of hydrogen-bond acceptors (Lipinski definition) is 2. The molecule has 0 fully saturated rings. The van der Waals surface area contributed by atoms with Gasteiger partial charge in [-0.05, 0) is 94.1 Å². The Labute approximate surface area is 306 Å². The summed E-state index contributed by atoms with van der Waals surface area (Å²) in [7, 11) is 0. The largest absolute Gasteiger partial charge is 0.454 e. The molecule has 53 heavy (non-hydrogen) atoms. The second-order valence-electron chi connectivity index (χ2n) is 14.3. The molecule has 0 spiro atoms. The number of hydrogen-bond donors (Lipinski definition) is 0. The van der Waals surface area contributed by atoms with E-state index in [-0.39, 0.29) is 0 Å². The molecule has 0 N–H and O–H groups in total. The third-order valence-corrected chi connectivity index (χ3v) is 11.6. The van der Waals surface area contributed by atoms with Crippen LogP contribution in [0.25, 0.3) is 88.4 Å². The monoisotopic (exact) mass is 676 g/mol. The molecule has 2 aliphatic carbocycles. The van der Waals surface area contributed by atoms with Crippen LogP contribution in [0.1, 0.15) is 17.7 Å². The zero-order valence-electron chi connectivity index (χ0n) is 28.9.